The third kappa shape index (κ3) is 3.62. The van der Waals surface area contributed by atoms with E-state index in [4.69, 9.17) is 21.1 Å². The van der Waals surface area contributed by atoms with E-state index in [-0.39, 0.29) is 0 Å². The van der Waals surface area contributed by atoms with Gasteiger partial charge < -0.3 is 9.47 Å². The van der Waals surface area contributed by atoms with Gasteiger partial charge in [0, 0.05) is 22.0 Å². The topological polar surface area (TPSA) is 44.2 Å². The first-order valence-corrected chi connectivity index (χ1v) is 8.98. The SMILES string of the molecule is COc1cc2c(-c3ccc(Cl)cc3F)ncnc2cc1OCc1ccccc1. The van der Waals surface area contributed by atoms with Gasteiger partial charge in [0.05, 0.1) is 18.3 Å². The summed E-state index contributed by atoms with van der Waals surface area (Å²) in [6.07, 6.45) is 1.40. The first kappa shape index (κ1) is 18.2. The lowest BCUT2D eigenvalue weighted by atomic mass is 10.1. The quantitative estimate of drug-likeness (QED) is 0.437. The third-order valence-corrected chi connectivity index (χ3v) is 4.58. The number of nitrogens with zero attached hydrogens (tertiary/aromatic N) is 2. The first-order chi connectivity index (χ1) is 13.7. The van der Waals surface area contributed by atoms with E-state index in [0.717, 1.165) is 5.56 Å². The molecule has 4 aromatic rings. The molecule has 1 aromatic heterocycles. The molecule has 0 aliphatic rings. The minimum atomic E-state index is -0.448. The van der Waals surface area contributed by atoms with Crippen LogP contribution in [-0.4, -0.2) is 17.1 Å². The first-order valence-electron chi connectivity index (χ1n) is 8.60. The van der Waals surface area contributed by atoms with Crippen molar-refractivity contribution in [3.8, 4) is 22.8 Å². The molecule has 3 aromatic carbocycles. The fourth-order valence-electron chi connectivity index (χ4n) is 2.97. The molecule has 4 nitrogen and oxygen atoms in total. The molecule has 28 heavy (non-hydrogen) atoms. The molecule has 0 aliphatic carbocycles. The second kappa shape index (κ2) is 7.82. The predicted octanol–water partition coefficient (Wildman–Crippen LogP) is 5.68. The highest BCUT2D eigenvalue weighted by molar-refractivity contribution is 6.30. The highest BCUT2D eigenvalue weighted by atomic mass is 35.5. The minimum Gasteiger partial charge on any atom is -0.493 e. The van der Waals surface area contributed by atoms with Gasteiger partial charge in [-0.2, -0.15) is 0 Å². The van der Waals surface area contributed by atoms with Gasteiger partial charge in [-0.25, -0.2) is 14.4 Å². The lowest BCUT2D eigenvalue weighted by molar-refractivity contribution is 0.285. The van der Waals surface area contributed by atoms with E-state index in [1.807, 2.05) is 30.3 Å². The van der Waals surface area contributed by atoms with Crippen molar-refractivity contribution in [1.29, 1.82) is 0 Å². The van der Waals surface area contributed by atoms with E-state index >= 15 is 0 Å². The third-order valence-electron chi connectivity index (χ3n) is 4.34. The monoisotopic (exact) mass is 394 g/mol. The van der Waals surface area contributed by atoms with Crippen molar-refractivity contribution in [2.45, 2.75) is 6.61 Å². The highest BCUT2D eigenvalue weighted by Gasteiger charge is 2.15. The summed E-state index contributed by atoms with van der Waals surface area (Å²) in [4.78, 5) is 8.59. The number of methoxy groups -OCH3 is 1. The summed E-state index contributed by atoms with van der Waals surface area (Å²) in [6, 6.07) is 17.9. The van der Waals surface area contributed by atoms with Crippen LogP contribution in [0.1, 0.15) is 5.56 Å². The van der Waals surface area contributed by atoms with Crippen LogP contribution in [0.15, 0.2) is 67.0 Å². The molecular weight excluding hydrogens is 379 g/mol. The zero-order valence-electron chi connectivity index (χ0n) is 15.0. The second-order valence-corrected chi connectivity index (χ2v) is 6.58. The van der Waals surface area contributed by atoms with Crippen LogP contribution in [0.2, 0.25) is 5.02 Å². The number of benzene rings is 3. The van der Waals surface area contributed by atoms with Crippen LogP contribution in [-0.2, 0) is 6.61 Å². The van der Waals surface area contributed by atoms with Gasteiger partial charge in [0.2, 0.25) is 0 Å². The van der Waals surface area contributed by atoms with E-state index in [2.05, 4.69) is 9.97 Å². The Morgan fingerprint density at radius 1 is 0.964 bits per heavy atom. The average Bonchev–Trinajstić information content (AvgIpc) is 2.72. The number of halogens is 2. The van der Waals surface area contributed by atoms with Crippen molar-refractivity contribution < 1.29 is 13.9 Å². The number of ether oxygens (including phenoxy) is 2. The van der Waals surface area contributed by atoms with Crippen molar-refractivity contribution in [3.05, 3.63) is 83.4 Å². The molecule has 0 amide bonds. The van der Waals surface area contributed by atoms with Gasteiger partial charge in [-0.1, -0.05) is 41.9 Å². The maximum atomic E-state index is 14.4. The molecule has 0 saturated heterocycles. The highest BCUT2D eigenvalue weighted by Crippen LogP contribution is 2.36. The zero-order valence-corrected chi connectivity index (χ0v) is 15.8. The predicted molar refractivity (Wildman–Crippen MR) is 107 cm³/mol. The van der Waals surface area contributed by atoms with Crippen LogP contribution in [0.5, 0.6) is 11.5 Å². The van der Waals surface area contributed by atoms with Gasteiger partial charge in [-0.05, 0) is 29.8 Å². The second-order valence-electron chi connectivity index (χ2n) is 6.14. The molecule has 6 heteroatoms. The maximum Gasteiger partial charge on any atom is 0.163 e. The Hall–Kier alpha value is -3.18. The summed E-state index contributed by atoms with van der Waals surface area (Å²) >= 11 is 5.87. The standard InChI is InChI=1S/C22H16ClFN2O2/c1-27-20-10-17-19(11-21(20)28-12-14-5-3-2-4-6-14)25-13-26-22(17)16-8-7-15(23)9-18(16)24/h2-11,13H,12H2,1H3. The number of fused-ring (bicyclic) bond motifs is 1. The number of aromatic nitrogens is 2. The van der Waals surface area contributed by atoms with Gasteiger partial charge in [0.25, 0.3) is 0 Å². The lowest BCUT2D eigenvalue weighted by Crippen LogP contribution is -1.99. The molecular formula is C22H16ClFN2O2. The molecule has 140 valence electrons. The largest absolute Gasteiger partial charge is 0.493 e. The summed E-state index contributed by atoms with van der Waals surface area (Å²) in [6.45, 7) is 0.395. The van der Waals surface area contributed by atoms with Gasteiger partial charge in [0.1, 0.15) is 18.8 Å². The molecule has 4 rings (SSSR count). The van der Waals surface area contributed by atoms with Gasteiger partial charge in [-0.15, -0.1) is 0 Å². The Labute approximate surface area is 166 Å². The van der Waals surface area contributed by atoms with Gasteiger partial charge in [-0.3, -0.25) is 0 Å². The Morgan fingerprint density at radius 3 is 2.54 bits per heavy atom. The summed E-state index contributed by atoms with van der Waals surface area (Å²) in [7, 11) is 1.56. The Kier molecular flexibility index (Phi) is 5.08. The van der Waals surface area contributed by atoms with Crippen LogP contribution in [0.4, 0.5) is 4.39 Å². The zero-order chi connectivity index (χ0) is 19.5. The summed E-state index contributed by atoms with van der Waals surface area (Å²) < 4.78 is 25.9. The van der Waals surface area contributed by atoms with Crippen LogP contribution in [0.3, 0.4) is 0 Å². The molecule has 0 atom stereocenters. The molecule has 0 unspecified atom stereocenters. The lowest BCUT2D eigenvalue weighted by Gasteiger charge is -2.13. The molecule has 0 spiro atoms. The molecule has 0 aliphatic heterocycles. The molecule has 1 heterocycles. The van der Waals surface area contributed by atoms with Crippen molar-refractivity contribution in [1.82, 2.24) is 9.97 Å². The fourth-order valence-corrected chi connectivity index (χ4v) is 3.13. The molecule has 0 saturated carbocycles. The van der Waals surface area contributed by atoms with Crippen molar-refractivity contribution >= 4 is 22.5 Å². The summed E-state index contributed by atoms with van der Waals surface area (Å²) in [5.41, 5.74) is 2.48. The molecule has 0 bridgehead atoms. The van der Waals surface area contributed by atoms with Crippen molar-refractivity contribution in [2.24, 2.45) is 0 Å². The Morgan fingerprint density at radius 2 is 1.79 bits per heavy atom. The Balaban J connectivity index is 1.76. The molecule has 0 N–H and O–H groups in total. The van der Waals surface area contributed by atoms with Gasteiger partial charge in [0.15, 0.2) is 11.5 Å². The van der Waals surface area contributed by atoms with E-state index in [1.165, 1.54) is 12.4 Å². The van der Waals surface area contributed by atoms with E-state index in [0.29, 0.717) is 45.3 Å². The number of hydrogen-bond acceptors (Lipinski definition) is 4. The van der Waals surface area contributed by atoms with Crippen molar-refractivity contribution in [2.75, 3.05) is 7.11 Å². The van der Waals surface area contributed by atoms with Crippen molar-refractivity contribution in [3.63, 3.8) is 0 Å². The normalized spacial score (nSPS) is 10.8. The number of rotatable bonds is 5. The smallest absolute Gasteiger partial charge is 0.163 e. The maximum absolute atomic E-state index is 14.4. The summed E-state index contributed by atoms with van der Waals surface area (Å²) in [5, 5.41) is 0.987. The van der Waals surface area contributed by atoms with Crippen LogP contribution in [0, 0.1) is 5.82 Å². The average molecular weight is 395 g/mol. The Bertz CT molecular complexity index is 1140. The fraction of sp³-hybridized carbons (Fsp3) is 0.0909. The van der Waals surface area contributed by atoms with Crippen LogP contribution >= 0.6 is 11.6 Å². The van der Waals surface area contributed by atoms with Crippen LogP contribution in [0.25, 0.3) is 22.2 Å². The molecule has 0 radical (unpaired) electrons. The van der Waals surface area contributed by atoms with Crippen LogP contribution < -0.4 is 9.47 Å². The van der Waals surface area contributed by atoms with E-state index in [1.54, 1.807) is 31.4 Å². The van der Waals surface area contributed by atoms with E-state index in [9.17, 15) is 4.39 Å². The van der Waals surface area contributed by atoms with E-state index < -0.39 is 5.82 Å². The molecule has 0 fully saturated rings. The summed E-state index contributed by atoms with van der Waals surface area (Å²) in [5.74, 6) is 0.629. The number of hydrogen-bond donors (Lipinski definition) is 0. The minimum absolute atomic E-state index is 0.328. The van der Waals surface area contributed by atoms with Gasteiger partial charge >= 0.3 is 0 Å².